The van der Waals surface area contributed by atoms with Gasteiger partial charge in [0.15, 0.2) is 17.7 Å². The van der Waals surface area contributed by atoms with Gasteiger partial charge in [0.05, 0.1) is 17.4 Å². The highest BCUT2D eigenvalue weighted by Crippen LogP contribution is 2.36. The summed E-state index contributed by atoms with van der Waals surface area (Å²) in [6, 6.07) is 6.71. The molecule has 0 spiro atoms. The van der Waals surface area contributed by atoms with Gasteiger partial charge < -0.3 is 31.0 Å². The molecule has 11 nitrogen and oxygen atoms in total. The van der Waals surface area contributed by atoms with Gasteiger partial charge in [0.1, 0.15) is 36.0 Å². The zero-order valence-corrected chi connectivity index (χ0v) is 22.9. The molecule has 6 rings (SSSR count). The van der Waals surface area contributed by atoms with Gasteiger partial charge in [0.25, 0.3) is 0 Å². The molecule has 4 heterocycles. The molecular formula is C28H38N8O3. The molecule has 2 fully saturated rings. The second-order valence-electron chi connectivity index (χ2n) is 12.2. The summed E-state index contributed by atoms with van der Waals surface area (Å²) in [6.07, 6.45) is 3.45. The van der Waals surface area contributed by atoms with Crippen molar-refractivity contribution in [2.24, 2.45) is 5.92 Å². The first-order valence-corrected chi connectivity index (χ1v) is 13.8. The second-order valence-corrected chi connectivity index (χ2v) is 12.2. The van der Waals surface area contributed by atoms with Crippen LogP contribution in [0.1, 0.15) is 64.6 Å². The minimum absolute atomic E-state index is 0.112. The second kappa shape index (κ2) is 9.81. The molecule has 2 aliphatic rings. The van der Waals surface area contributed by atoms with E-state index in [-0.39, 0.29) is 17.3 Å². The summed E-state index contributed by atoms with van der Waals surface area (Å²) >= 11 is 0. The number of nitrogens with zero attached hydrogens (tertiary/aromatic N) is 5. The van der Waals surface area contributed by atoms with Crippen LogP contribution in [0, 0.1) is 5.92 Å². The highest BCUT2D eigenvalue weighted by atomic mass is 16.6. The van der Waals surface area contributed by atoms with Crippen LogP contribution in [0.5, 0.6) is 0 Å². The number of H-pyrrole nitrogens is 1. The topological polar surface area (TPSA) is 160 Å². The number of aromatic amines is 1. The maximum atomic E-state index is 10.8. The number of fused-ring (bicyclic) bond motifs is 2. The molecule has 0 unspecified atom stereocenters. The number of aromatic nitrogens is 6. The van der Waals surface area contributed by atoms with Crippen molar-refractivity contribution < 1.29 is 14.9 Å². The average molecular weight is 535 g/mol. The molecule has 0 bridgehead atoms. The van der Waals surface area contributed by atoms with E-state index in [1.54, 1.807) is 4.57 Å². The number of aryl methyl sites for hydroxylation is 1. The number of nitrogens with one attached hydrogen (secondary N) is 2. The smallest absolute Gasteiger partial charge is 0.167 e. The van der Waals surface area contributed by atoms with Crippen LogP contribution in [-0.2, 0) is 16.6 Å². The van der Waals surface area contributed by atoms with E-state index in [0.717, 1.165) is 42.5 Å². The number of imidazole rings is 2. The van der Waals surface area contributed by atoms with Crippen LogP contribution in [0.2, 0.25) is 0 Å². The van der Waals surface area contributed by atoms with E-state index in [1.165, 1.54) is 18.2 Å². The van der Waals surface area contributed by atoms with Crippen molar-refractivity contribution in [1.82, 2.24) is 34.8 Å². The van der Waals surface area contributed by atoms with Crippen LogP contribution in [-0.4, -0.2) is 70.1 Å². The van der Waals surface area contributed by atoms with Crippen molar-refractivity contribution in [3.63, 3.8) is 0 Å². The zero-order valence-electron chi connectivity index (χ0n) is 22.9. The molecule has 5 atom stereocenters. The van der Waals surface area contributed by atoms with E-state index in [0.29, 0.717) is 23.1 Å². The molecule has 4 aromatic rings. The molecule has 1 aliphatic heterocycles. The van der Waals surface area contributed by atoms with E-state index in [2.05, 4.69) is 64.2 Å². The van der Waals surface area contributed by atoms with E-state index >= 15 is 0 Å². The van der Waals surface area contributed by atoms with Gasteiger partial charge in [0, 0.05) is 18.5 Å². The number of rotatable bonds is 7. The molecule has 0 amide bonds. The third-order valence-corrected chi connectivity index (χ3v) is 8.35. The average Bonchev–Trinajstić information content (AvgIpc) is 3.55. The van der Waals surface area contributed by atoms with Gasteiger partial charge in [-0.1, -0.05) is 26.8 Å². The summed E-state index contributed by atoms with van der Waals surface area (Å²) < 4.78 is 7.75. The lowest BCUT2D eigenvalue weighted by Gasteiger charge is -2.39. The van der Waals surface area contributed by atoms with Crippen molar-refractivity contribution in [2.45, 2.75) is 95.4 Å². The Morgan fingerprint density at radius 2 is 1.97 bits per heavy atom. The summed E-state index contributed by atoms with van der Waals surface area (Å²) in [4.78, 5) is 20.7. The monoisotopic (exact) mass is 534 g/mol. The maximum Gasteiger partial charge on any atom is 0.167 e. The first-order valence-electron chi connectivity index (χ1n) is 13.8. The zero-order chi connectivity index (χ0) is 27.5. The molecule has 1 aliphatic carbocycles. The van der Waals surface area contributed by atoms with Crippen LogP contribution in [0.3, 0.4) is 0 Å². The Hall–Kier alpha value is -3.12. The minimum Gasteiger partial charge on any atom is -0.387 e. The van der Waals surface area contributed by atoms with Gasteiger partial charge in [-0.05, 0) is 55.2 Å². The number of hydrogen-bond donors (Lipinski definition) is 5. The summed E-state index contributed by atoms with van der Waals surface area (Å²) in [7, 11) is 0. The summed E-state index contributed by atoms with van der Waals surface area (Å²) in [5.41, 5.74) is 10.3. The number of hydrogen-bond acceptors (Lipinski definition) is 9. The molecule has 39 heavy (non-hydrogen) atoms. The third-order valence-electron chi connectivity index (χ3n) is 8.35. The fourth-order valence-corrected chi connectivity index (χ4v) is 5.95. The van der Waals surface area contributed by atoms with Crippen molar-refractivity contribution in [2.75, 3.05) is 5.73 Å². The first kappa shape index (κ1) is 26.1. The number of nitrogens with two attached hydrogens (primary N) is 1. The highest BCUT2D eigenvalue weighted by molar-refractivity contribution is 5.81. The van der Waals surface area contributed by atoms with Gasteiger partial charge in [-0.2, -0.15) is 0 Å². The summed E-state index contributed by atoms with van der Waals surface area (Å²) in [6.45, 7) is 8.66. The van der Waals surface area contributed by atoms with Gasteiger partial charge in [-0.15, -0.1) is 0 Å². The van der Waals surface area contributed by atoms with E-state index < -0.39 is 24.5 Å². The van der Waals surface area contributed by atoms with Gasteiger partial charge in [-0.3, -0.25) is 4.57 Å². The molecule has 1 saturated heterocycles. The molecule has 3 aromatic heterocycles. The van der Waals surface area contributed by atoms with E-state index in [9.17, 15) is 10.2 Å². The van der Waals surface area contributed by atoms with Crippen molar-refractivity contribution in [1.29, 1.82) is 0 Å². The van der Waals surface area contributed by atoms with Crippen LogP contribution < -0.4 is 11.1 Å². The van der Waals surface area contributed by atoms with Gasteiger partial charge in [-0.25, -0.2) is 19.9 Å². The normalized spacial score (nSPS) is 28.3. The lowest BCUT2D eigenvalue weighted by molar-refractivity contribution is -0.0473. The largest absolute Gasteiger partial charge is 0.387 e. The van der Waals surface area contributed by atoms with Crippen molar-refractivity contribution in [3.05, 3.63) is 42.2 Å². The number of anilines is 1. The Balaban J connectivity index is 1.01. The summed E-state index contributed by atoms with van der Waals surface area (Å²) in [5, 5.41) is 25.2. The molecule has 1 saturated carbocycles. The van der Waals surface area contributed by atoms with Gasteiger partial charge in [0.2, 0.25) is 0 Å². The predicted octanol–water partition coefficient (Wildman–Crippen LogP) is 2.59. The van der Waals surface area contributed by atoms with E-state index in [1.807, 2.05) is 6.92 Å². The number of aliphatic hydroxyl groups excluding tert-OH is 2. The molecule has 11 heteroatoms. The predicted molar refractivity (Wildman–Crippen MR) is 148 cm³/mol. The Kier molecular flexibility index (Phi) is 6.57. The van der Waals surface area contributed by atoms with Crippen LogP contribution in [0.15, 0.2) is 30.9 Å². The molecule has 208 valence electrons. The standard InChI is InChI=1S/C28H38N8O3/c1-14(24-22(37)23(38)27(39-24)36-13-32-21-25(29)30-12-31-26(21)36)33-17-9-15(10-17)5-8-20-34-18-7-6-16(28(2,3)4)11-19(18)35-20/h6-7,11-15,17,22-24,27,33,37-38H,5,8-10H2,1-4H3,(H,34,35)(H2,29,30,31)/t14-,15?,17?,22-,23+,24+,27+/m0/s1. The Labute approximate surface area is 227 Å². The maximum absolute atomic E-state index is 10.8. The third kappa shape index (κ3) is 4.88. The fraction of sp³-hybridized carbons (Fsp3) is 0.571. The number of ether oxygens (including phenoxy) is 1. The van der Waals surface area contributed by atoms with Gasteiger partial charge >= 0.3 is 0 Å². The minimum atomic E-state index is -1.12. The lowest BCUT2D eigenvalue weighted by atomic mass is 9.77. The number of aliphatic hydroxyl groups is 2. The number of nitrogen functional groups attached to an aromatic ring is 1. The fourth-order valence-electron chi connectivity index (χ4n) is 5.95. The Morgan fingerprint density at radius 3 is 2.74 bits per heavy atom. The number of benzene rings is 1. The highest BCUT2D eigenvalue weighted by Gasteiger charge is 2.47. The van der Waals surface area contributed by atoms with Crippen LogP contribution in [0.25, 0.3) is 22.2 Å². The Morgan fingerprint density at radius 1 is 1.18 bits per heavy atom. The van der Waals surface area contributed by atoms with Crippen LogP contribution >= 0.6 is 0 Å². The van der Waals surface area contributed by atoms with Crippen molar-refractivity contribution >= 4 is 28.0 Å². The first-order chi connectivity index (χ1) is 18.6. The lowest BCUT2D eigenvalue weighted by Crippen LogP contribution is -2.52. The quantitative estimate of drug-likeness (QED) is 0.240. The van der Waals surface area contributed by atoms with Crippen LogP contribution in [0.4, 0.5) is 5.82 Å². The molecule has 0 radical (unpaired) electrons. The molecule has 1 aromatic carbocycles. The van der Waals surface area contributed by atoms with Crippen molar-refractivity contribution in [3.8, 4) is 0 Å². The Bertz CT molecular complexity index is 1470. The SMILES string of the molecule is C[C@H](NC1CC(CCc2nc3ccc(C(C)(C)C)cc3[nH]2)C1)[C@H]1O[C@@H](n2cnc3c(N)ncnc32)[C@H](O)[C@@H]1O. The summed E-state index contributed by atoms with van der Waals surface area (Å²) in [5.74, 6) is 1.93. The molecular weight excluding hydrogens is 496 g/mol. The van der Waals surface area contributed by atoms with E-state index in [4.69, 9.17) is 15.5 Å². The molecule has 6 N–H and O–H groups in total.